The molecule has 134 valence electrons. The van der Waals surface area contributed by atoms with Crippen molar-refractivity contribution in [2.24, 2.45) is 5.92 Å². The lowest BCUT2D eigenvalue weighted by atomic mass is 9.98. The average Bonchev–Trinajstić information content (AvgIpc) is 2.53. The number of hydrogen-bond donors (Lipinski definition) is 1. The summed E-state index contributed by atoms with van der Waals surface area (Å²) in [5.74, 6) is 0.179. The molecule has 24 heavy (non-hydrogen) atoms. The van der Waals surface area contributed by atoms with E-state index in [1.807, 2.05) is 20.8 Å². The molecule has 0 spiro atoms. The number of nitrogens with zero attached hydrogens (tertiary/aromatic N) is 1. The lowest BCUT2D eigenvalue weighted by molar-refractivity contribution is 0.0172. The van der Waals surface area contributed by atoms with Crippen molar-refractivity contribution in [2.75, 3.05) is 32.1 Å². The van der Waals surface area contributed by atoms with Crippen molar-refractivity contribution in [1.82, 2.24) is 4.90 Å². The third-order valence-corrected chi connectivity index (χ3v) is 3.92. The van der Waals surface area contributed by atoms with Crippen LogP contribution in [0.2, 0.25) is 0 Å². The predicted octanol–water partition coefficient (Wildman–Crippen LogP) is 3.89. The minimum Gasteiger partial charge on any atom is -0.494 e. The zero-order valence-electron chi connectivity index (χ0n) is 14.9. The third-order valence-electron chi connectivity index (χ3n) is 3.92. The van der Waals surface area contributed by atoms with Crippen LogP contribution in [0.15, 0.2) is 18.2 Å². The quantitative estimate of drug-likeness (QED) is 0.905. The molecule has 1 aromatic carbocycles. The first kappa shape index (κ1) is 18.4. The number of likely N-dealkylation sites (tertiary alicyclic amines) is 1. The van der Waals surface area contributed by atoms with Gasteiger partial charge in [-0.3, -0.25) is 0 Å². The first-order valence-corrected chi connectivity index (χ1v) is 8.34. The molecule has 1 aromatic rings. The van der Waals surface area contributed by atoms with Crippen molar-refractivity contribution in [2.45, 2.75) is 39.2 Å². The Balaban J connectivity index is 1.88. The molecule has 1 saturated heterocycles. The second kappa shape index (κ2) is 7.73. The van der Waals surface area contributed by atoms with Crippen molar-refractivity contribution >= 4 is 11.8 Å². The highest BCUT2D eigenvalue weighted by Crippen LogP contribution is 2.23. The Kier molecular flexibility index (Phi) is 5.91. The highest BCUT2D eigenvalue weighted by molar-refractivity contribution is 5.68. The SMILES string of the molecule is COc1cc(NCC2CCCN(C(=O)OC(C)(C)C)C2)ccc1F. The number of anilines is 1. The van der Waals surface area contributed by atoms with Gasteiger partial charge in [-0.1, -0.05) is 0 Å². The number of piperidine rings is 1. The fourth-order valence-corrected chi connectivity index (χ4v) is 2.76. The molecular weight excluding hydrogens is 311 g/mol. The van der Waals surface area contributed by atoms with Crippen LogP contribution in [0.5, 0.6) is 5.75 Å². The molecule has 1 aliphatic heterocycles. The van der Waals surface area contributed by atoms with Crippen LogP contribution < -0.4 is 10.1 Å². The maximum atomic E-state index is 13.4. The molecule has 6 heteroatoms. The number of benzene rings is 1. The number of carbonyl (C=O) groups excluding carboxylic acids is 1. The first-order chi connectivity index (χ1) is 11.3. The number of ether oxygens (including phenoxy) is 2. The number of rotatable bonds is 4. The second-order valence-electron chi connectivity index (χ2n) is 7.16. The van der Waals surface area contributed by atoms with E-state index in [1.165, 1.54) is 13.2 Å². The van der Waals surface area contributed by atoms with Gasteiger partial charge in [0.25, 0.3) is 0 Å². The van der Waals surface area contributed by atoms with Gasteiger partial charge in [0.05, 0.1) is 7.11 Å². The minimum atomic E-state index is -0.479. The molecule has 1 fully saturated rings. The van der Waals surface area contributed by atoms with E-state index in [4.69, 9.17) is 9.47 Å². The van der Waals surface area contributed by atoms with Crippen LogP contribution in [0, 0.1) is 11.7 Å². The van der Waals surface area contributed by atoms with Crippen LogP contribution >= 0.6 is 0 Å². The summed E-state index contributed by atoms with van der Waals surface area (Å²) in [6.45, 7) is 7.73. The number of amides is 1. The molecule has 0 aromatic heterocycles. The summed E-state index contributed by atoms with van der Waals surface area (Å²) in [6.07, 6.45) is 1.75. The highest BCUT2D eigenvalue weighted by Gasteiger charge is 2.27. The molecule has 0 aliphatic carbocycles. The van der Waals surface area contributed by atoms with Crippen molar-refractivity contribution in [3.63, 3.8) is 0 Å². The number of hydrogen-bond acceptors (Lipinski definition) is 4. The van der Waals surface area contributed by atoms with Gasteiger partial charge >= 0.3 is 6.09 Å². The molecule has 1 heterocycles. The van der Waals surface area contributed by atoms with Gasteiger partial charge in [0, 0.05) is 31.4 Å². The lowest BCUT2D eigenvalue weighted by Gasteiger charge is -2.34. The van der Waals surface area contributed by atoms with E-state index >= 15 is 0 Å². The zero-order chi connectivity index (χ0) is 17.7. The van der Waals surface area contributed by atoms with Gasteiger partial charge in [0.2, 0.25) is 0 Å². The second-order valence-corrected chi connectivity index (χ2v) is 7.16. The summed E-state index contributed by atoms with van der Waals surface area (Å²) in [7, 11) is 1.45. The Labute approximate surface area is 143 Å². The molecule has 0 radical (unpaired) electrons. The van der Waals surface area contributed by atoms with Gasteiger partial charge in [-0.25, -0.2) is 9.18 Å². The summed E-state index contributed by atoms with van der Waals surface area (Å²) in [4.78, 5) is 13.9. The Morgan fingerprint density at radius 2 is 2.17 bits per heavy atom. The summed E-state index contributed by atoms with van der Waals surface area (Å²) in [6, 6.07) is 4.71. The standard InChI is InChI=1S/C18H27FN2O3/c1-18(2,3)24-17(22)21-9-5-6-13(12-21)11-20-14-7-8-15(19)16(10-14)23-4/h7-8,10,13,20H,5-6,9,11-12H2,1-4H3. The normalized spacial score (nSPS) is 18.2. The molecular formula is C18H27FN2O3. The van der Waals surface area contributed by atoms with Gasteiger partial charge in [-0.2, -0.15) is 0 Å². The molecule has 1 amide bonds. The first-order valence-electron chi connectivity index (χ1n) is 8.34. The predicted molar refractivity (Wildman–Crippen MR) is 92.0 cm³/mol. The molecule has 1 unspecified atom stereocenters. The minimum absolute atomic E-state index is 0.221. The Bertz CT molecular complexity index is 572. The summed E-state index contributed by atoms with van der Waals surface area (Å²) in [5.41, 5.74) is 0.329. The molecule has 1 N–H and O–H groups in total. The molecule has 1 aliphatic rings. The molecule has 0 bridgehead atoms. The van der Waals surface area contributed by atoms with E-state index < -0.39 is 5.60 Å². The number of halogens is 1. The maximum Gasteiger partial charge on any atom is 0.410 e. The van der Waals surface area contributed by atoms with Gasteiger partial charge in [-0.15, -0.1) is 0 Å². The fourth-order valence-electron chi connectivity index (χ4n) is 2.76. The van der Waals surface area contributed by atoms with Gasteiger partial charge in [0.1, 0.15) is 5.60 Å². The van der Waals surface area contributed by atoms with Gasteiger partial charge in [-0.05, 0) is 51.7 Å². The summed E-state index contributed by atoms with van der Waals surface area (Å²) >= 11 is 0. The van der Waals surface area contributed by atoms with Crippen LogP contribution in [0.4, 0.5) is 14.9 Å². The molecule has 1 atom stereocenters. The number of carbonyl (C=O) groups is 1. The van der Waals surface area contributed by atoms with E-state index in [2.05, 4.69) is 5.32 Å². The Morgan fingerprint density at radius 3 is 2.83 bits per heavy atom. The van der Waals surface area contributed by atoms with Crippen molar-refractivity contribution in [3.8, 4) is 5.75 Å². The Hall–Kier alpha value is -1.98. The maximum absolute atomic E-state index is 13.4. The van der Waals surface area contributed by atoms with Crippen molar-refractivity contribution in [1.29, 1.82) is 0 Å². The van der Waals surface area contributed by atoms with Gasteiger partial charge < -0.3 is 19.7 Å². The van der Waals surface area contributed by atoms with Gasteiger partial charge in [0.15, 0.2) is 11.6 Å². The number of methoxy groups -OCH3 is 1. The third kappa shape index (κ3) is 5.28. The summed E-state index contributed by atoms with van der Waals surface area (Å²) < 4.78 is 23.9. The molecule has 0 saturated carbocycles. The fraction of sp³-hybridized carbons (Fsp3) is 0.611. The largest absolute Gasteiger partial charge is 0.494 e. The van der Waals surface area contributed by atoms with E-state index in [0.717, 1.165) is 25.1 Å². The summed E-state index contributed by atoms with van der Waals surface area (Å²) in [5, 5.41) is 3.30. The van der Waals surface area contributed by atoms with E-state index in [0.29, 0.717) is 19.0 Å². The zero-order valence-corrected chi connectivity index (χ0v) is 14.9. The van der Waals surface area contributed by atoms with E-state index in [1.54, 1.807) is 17.0 Å². The van der Waals surface area contributed by atoms with Crippen molar-refractivity contribution < 1.29 is 18.7 Å². The monoisotopic (exact) mass is 338 g/mol. The number of nitrogens with one attached hydrogen (secondary N) is 1. The smallest absolute Gasteiger partial charge is 0.410 e. The van der Waals surface area contributed by atoms with Crippen LogP contribution in [-0.4, -0.2) is 43.3 Å². The van der Waals surface area contributed by atoms with E-state index in [-0.39, 0.29) is 17.7 Å². The van der Waals surface area contributed by atoms with Crippen LogP contribution in [0.1, 0.15) is 33.6 Å². The topological polar surface area (TPSA) is 50.8 Å². The Morgan fingerprint density at radius 1 is 1.42 bits per heavy atom. The molecule has 2 rings (SSSR count). The highest BCUT2D eigenvalue weighted by atomic mass is 19.1. The average molecular weight is 338 g/mol. The van der Waals surface area contributed by atoms with Crippen LogP contribution in [-0.2, 0) is 4.74 Å². The van der Waals surface area contributed by atoms with Crippen LogP contribution in [0.3, 0.4) is 0 Å². The van der Waals surface area contributed by atoms with E-state index in [9.17, 15) is 9.18 Å². The van der Waals surface area contributed by atoms with Crippen LogP contribution in [0.25, 0.3) is 0 Å². The molecule has 5 nitrogen and oxygen atoms in total. The van der Waals surface area contributed by atoms with Crippen molar-refractivity contribution in [3.05, 3.63) is 24.0 Å². The lowest BCUT2D eigenvalue weighted by Crippen LogP contribution is -2.44.